The van der Waals surface area contributed by atoms with Crippen LogP contribution in [0.4, 0.5) is 0 Å². The van der Waals surface area contributed by atoms with Crippen LogP contribution >= 0.6 is 0 Å². The predicted molar refractivity (Wildman–Crippen MR) is 208 cm³/mol. The van der Waals surface area contributed by atoms with E-state index in [0.29, 0.717) is 0 Å². The summed E-state index contributed by atoms with van der Waals surface area (Å²) in [6, 6.07) is 37.9. The third kappa shape index (κ3) is 7.83. The van der Waals surface area contributed by atoms with Gasteiger partial charge in [0.05, 0.1) is 11.4 Å². The van der Waals surface area contributed by atoms with Gasteiger partial charge in [-0.15, -0.1) is 0 Å². The minimum Gasteiger partial charge on any atom is -0.458 e. The van der Waals surface area contributed by atoms with Crippen molar-refractivity contribution in [3.8, 4) is 34.3 Å². The van der Waals surface area contributed by atoms with Crippen LogP contribution in [-0.2, 0) is 21.7 Å². The summed E-state index contributed by atoms with van der Waals surface area (Å²) in [4.78, 5) is 4.79. The number of pyridine rings is 1. The average molecular weight is 677 g/mol. The van der Waals surface area contributed by atoms with Gasteiger partial charge in [-0.05, 0) is 80.0 Å². The van der Waals surface area contributed by atoms with Crippen LogP contribution < -0.4 is 9.30 Å². The highest BCUT2D eigenvalue weighted by atomic mass is 16.5. The van der Waals surface area contributed by atoms with Crippen molar-refractivity contribution >= 4 is 0 Å². The first kappa shape index (κ1) is 35.8. The molecule has 0 spiro atoms. The first-order valence-electron chi connectivity index (χ1n) is 17.9. The molecule has 262 valence electrons. The van der Waals surface area contributed by atoms with Crippen LogP contribution in [0.3, 0.4) is 0 Å². The quantitative estimate of drug-likeness (QED) is 0.125. The number of hydrogen-bond acceptors (Lipinski definition) is 3. The van der Waals surface area contributed by atoms with Crippen molar-refractivity contribution in [1.29, 1.82) is 0 Å². The standard InChI is InChI=1S/C46H52N4O/c1-43(2,3)33-23-24-47-41(29-33)46(10,11)34-19-15-21-39(28-34)51-40-22-16-20-37(30-40)50-31-49(42(48-50)32-17-13-12-14-18-32)38-26-35(44(4,5)6)25-36(27-38)45(7,8)9/h12-30H,1-11H3. The number of hydrogen-bond donors (Lipinski definition) is 0. The van der Waals surface area contributed by atoms with E-state index in [1.807, 2.05) is 59.4 Å². The molecule has 0 N–H and O–H groups in total. The van der Waals surface area contributed by atoms with Crippen molar-refractivity contribution in [2.24, 2.45) is 0 Å². The van der Waals surface area contributed by atoms with Crippen molar-refractivity contribution < 1.29 is 9.30 Å². The summed E-state index contributed by atoms with van der Waals surface area (Å²) >= 11 is 0. The van der Waals surface area contributed by atoms with E-state index in [4.69, 9.17) is 14.8 Å². The van der Waals surface area contributed by atoms with Crippen molar-refractivity contribution in [1.82, 2.24) is 14.8 Å². The van der Waals surface area contributed by atoms with Crippen molar-refractivity contribution in [3.63, 3.8) is 0 Å². The van der Waals surface area contributed by atoms with Gasteiger partial charge in [-0.3, -0.25) is 4.98 Å². The Morgan fingerprint density at radius 3 is 1.80 bits per heavy atom. The summed E-state index contributed by atoms with van der Waals surface area (Å²) in [6.45, 7) is 24.7. The molecule has 0 bridgehead atoms. The van der Waals surface area contributed by atoms with Crippen LogP contribution in [0.5, 0.6) is 11.5 Å². The Kier molecular flexibility index (Phi) is 9.30. The molecule has 0 saturated heterocycles. The fraction of sp³-hybridized carbons (Fsp3) is 0.326. The van der Waals surface area contributed by atoms with E-state index in [0.717, 1.165) is 45.5 Å². The van der Waals surface area contributed by atoms with Crippen LogP contribution in [0.25, 0.3) is 22.8 Å². The summed E-state index contributed by atoms with van der Waals surface area (Å²) in [5.74, 6) is 2.30. The Morgan fingerprint density at radius 2 is 1.18 bits per heavy atom. The summed E-state index contributed by atoms with van der Waals surface area (Å²) in [5, 5.41) is 5.12. The van der Waals surface area contributed by atoms with Crippen LogP contribution in [0.2, 0.25) is 0 Å². The van der Waals surface area contributed by atoms with Crippen LogP contribution in [0, 0.1) is 6.33 Å². The molecule has 6 rings (SSSR count). The van der Waals surface area contributed by atoms with Crippen LogP contribution in [0.1, 0.15) is 104 Å². The van der Waals surface area contributed by atoms with E-state index >= 15 is 0 Å². The molecule has 0 aliphatic heterocycles. The Balaban J connectivity index is 1.37. The lowest BCUT2D eigenvalue weighted by atomic mass is 9.78. The average Bonchev–Trinajstić information content (AvgIpc) is 3.54. The lowest BCUT2D eigenvalue weighted by Gasteiger charge is -2.28. The van der Waals surface area contributed by atoms with Gasteiger partial charge in [0.15, 0.2) is 0 Å². The molecule has 5 heteroatoms. The number of rotatable bonds is 7. The lowest BCUT2D eigenvalue weighted by Crippen LogP contribution is -2.33. The molecule has 0 fully saturated rings. The second kappa shape index (κ2) is 13.3. The molecule has 0 aliphatic rings. The summed E-state index contributed by atoms with van der Waals surface area (Å²) in [5.41, 5.74) is 8.58. The lowest BCUT2D eigenvalue weighted by molar-refractivity contribution is -0.589. The zero-order valence-corrected chi connectivity index (χ0v) is 32.2. The first-order valence-corrected chi connectivity index (χ1v) is 17.9. The summed E-state index contributed by atoms with van der Waals surface area (Å²) in [7, 11) is 0. The maximum absolute atomic E-state index is 6.52. The van der Waals surface area contributed by atoms with E-state index < -0.39 is 0 Å². The maximum Gasteiger partial charge on any atom is 0.231 e. The second-order valence-corrected chi connectivity index (χ2v) is 17.2. The summed E-state index contributed by atoms with van der Waals surface area (Å²) in [6.07, 6.45) is 5.51. The van der Waals surface area contributed by atoms with E-state index in [-0.39, 0.29) is 21.7 Å². The van der Waals surface area contributed by atoms with E-state index in [2.05, 4.69) is 148 Å². The van der Waals surface area contributed by atoms with Gasteiger partial charge >= 0.3 is 0 Å². The normalized spacial score (nSPS) is 12.6. The Hall–Kier alpha value is -5.03. The van der Waals surface area contributed by atoms with Gasteiger partial charge in [0.25, 0.3) is 0 Å². The smallest absolute Gasteiger partial charge is 0.231 e. The van der Waals surface area contributed by atoms with Crippen molar-refractivity contribution in [2.45, 2.75) is 97.8 Å². The molecule has 2 aromatic heterocycles. The highest BCUT2D eigenvalue weighted by Crippen LogP contribution is 2.36. The van der Waals surface area contributed by atoms with Gasteiger partial charge in [-0.1, -0.05) is 149 Å². The zero-order valence-electron chi connectivity index (χ0n) is 32.2. The molecule has 51 heavy (non-hydrogen) atoms. The SMILES string of the molecule is CC(C)(C)c1cc(-[n+]2[c-]n(-c3cccc(Oc4cccc(C(C)(C)c5cc(C(C)(C)C)ccn5)c4)c3)nc2-c2ccccc2)cc(C(C)(C)C)c1. The highest BCUT2D eigenvalue weighted by molar-refractivity contribution is 5.53. The molecule has 6 aromatic rings. The topological polar surface area (TPSA) is 43.8 Å². The second-order valence-electron chi connectivity index (χ2n) is 17.2. The van der Waals surface area contributed by atoms with Crippen molar-refractivity contribution in [2.75, 3.05) is 0 Å². The zero-order chi connectivity index (χ0) is 36.8. The van der Waals surface area contributed by atoms with Crippen molar-refractivity contribution in [3.05, 3.63) is 150 Å². The molecule has 0 unspecified atom stereocenters. The molecule has 5 nitrogen and oxygen atoms in total. The number of benzene rings is 4. The van der Waals surface area contributed by atoms with E-state index in [9.17, 15) is 0 Å². The molecule has 0 aliphatic carbocycles. The third-order valence-electron chi connectivity index (χ3n) is 9.66. The fourth-order valence-corrected chi connectivity index (χ4v) is 6.13. The molecule has 0 atom stereocenters. The predicted octanol–water partition coefficient (Wildman–Crippen LogP) is 11.0. The first-order chi connectivity index (χ1) is 23.9. The number of ether oxygens (including phenoxy) is 1. The molecule has 4 aromatic carbocycles. The largest absolute Gasteiger partial charge is 0.458 e. The highest BCUT2D eigenvalue weighted by Gasteiger charge is 2.27. The number of aromatic nitrogens is 4. The van der Waals surface area contributed by atoms with Gasteiger partial charge < -0.3 is 9.30 Å². The molecular weight excluding hydrogens is 625 g/mol. The van der Waals surface area contributed by atoms with Gasteiger partial charge in [0.2, 0.25) is 12.2 Å². The molecule has 0 amide bonds. The minimum atomic E-state index is -0.314. The minimum absolute atomic E-state index is 0.0232. The molecular formula is C46H52N4O. The van der Waals surface area contributed by atoms with E-state index in [1.54, 1.807) is 0 Å². The van der Waals surface area contributed by atoms with Crippen LogP contribution in [0.15, 0.2) is 115 Å². The Morgan fingerprint density at radius 1 is 0.569 bits per heavy atom. The fourth-order valence-electron chi connectivity index (χ4n) is 6.13. The Bertz CT molecular complexity index is 2120. The van der Waals surface area contributed by atoms with E-state index in [1.165, 1.54) is 16.7 Å². The molecule has 2 heterocycles. The van der Waals surface area contributed by atoms with Gasteiger partial charge in [0.1, 0.15) is 11.5 Å². The van der Waals surface area contributed by atoms with Gasteiger partial charge in [0, 0.05) is 22.9 Å². The van der Waals surface area contributed by atoms with Crippen LogP contribution in [-0.4, -0.2) is 14.8 Å². The summed E-state index contributed by atoms with van der Waals surface area (Å²) < 4.78 is 10.4. The van der Waals surface area contributed by atoms with Gasteiger partial charge in [-0.2, -0.15) is 4.68 Å². The maximum atomic E-state index is 6.52. The van der Waals surface area contributed by atoms with Gasteiger partial charge in [-0.25, -0.2) is 0 Å². The third-order valence-corrected chi connectivity index (χ3v) is 9.66. The number of nitrogens with zero attached hydrogens (tertiary/aromatic N) is 4. The monoisotopic (exact) mass is 676 g/mol. The molecule has 0 radical (unpaired) electrons. The Labute approximate surface area is 305 Å². The molecule has 0 saturated carbocycles.